The highest BCUT2D eigenvalue weighted by Crippen LogP contribution is 2.11. The van der Waals surface area contributed by atoms with Crippen molar-refractivity contribution in [2.24, 2.45) is 5.92 Å². The Balaban J connectivity index is 2.73. The highest BCUT2D eigenvalue weighted by atomic mass is 32.2. The van der Waals surface area contributed by atoms with Crippen molar-refractivity contribution in [3.8, 4) is 0 Å². The summed E-state index contributed by atoms with van der Waals surface area (Å²) in [5, 5.41) is 2.42. The van der Waals surface area contributed by atoms with E-state index >= 15 is 0 Å². The van der Waals surface area contributed by atoms with Crippen LogP contribution in [0.1, 0.15) is 33.6 Å². The van der Waals surface area contributed by atoms with Crippen LogP contribution in [0.2, 0.25) is 0 Å². The number of nitrogens with one attached hydrogen (secondary N) is 2. The number of carbonyl (C=O) groups excluding carboxylic acids is 3. The lowest BCUT2D eigenvalue weighted by Gasteiger charge is -2.20. The zero-order valence-electron chi connectivity index (χ0n) is 12.4. The van der Waals surface area contributed by atoms with Crippen molar-refractivity contribution in [1.82, 2.24) is 15.2 Å². The Morgan fingerprint density at radius 2 is 1.86 bits per heavy atom. The smallest absolute Gasteiger partial charge is 0.304 e. The summed E-state index contributed by atoms with van der Waals surface area (Å²) in [6.07, 6.45) is 0.705. The molecule has 8 nitrogen and oxygen atoms in total. The van der Waals surface area contributed by atoms with E-state index in [1.807, 2.05) is 13.8 Å². The average molecular weight is 319 g/mol. The van der Waals surface area contributed by atoms with Gasteiger partial charge >= 0.3 is 5.91 Å². The maximum absolute atomic E-state index is 12.1. The Morgan fingerprint density at radius 1 is 1.24 bits per heavy atom. The Hall–Kier alpha value is -1.48. The van der Waals surface area contributed by atoms with E-state index in [1.54, 1.807) is 0 Å². The second kappa shape index (κ2) is 6.99. The lowest BCUT2D eigenvalue weighted by Crippen LogP contribution is -2.52. The SMILES string of the molecule is CC(=O)NC(CC(C)C)C(=O)C(=O)NN1CCCS1(=O)=O. The van der Waals surface area contributed by atoms with E-state index in [9.17, 15) is 22.8 Å². The number of rotatable bonds is 6. The molecular weight excluding hydrogens is 298 g/mol. The number of amides is 2. The maximum Gasteiger partial charge on any atom is 0.304 e. The summed E-state index contributed by atoms with van der Waals surface area (Å²) in [6.45, 7) is 5.11. The first-order valence-corrected chi connectivity index (χ1v) is 8.36. The average Bonchev–Trinajstić information content (AvgIpc) is 2.65. The topological polar surface area (TPSA) is 113 Å². The minimum absolute atomic E-state index is 0.0530. The van der Waals surface area contributed by atoms with E-state index in [0.29, 0.717) is 12.8 Å². The number of hydrogen-bond donors (Lipinski definition) is 2. The normalized spacial score (nSPS) is 19.2. The van der Waals surface area contributed by atoms with Gasteiger partial charge in [-0.05, 0) is 18.8 Å². The summed E-state index contributed by atoms with van der Waals surface area (Å²) in [5.41, 5.74) is 2.10. The van der Waals surface area contributed by atoms with Gasteiger partial charge in [-0.25, -0.2) is 8.42 Å². The van der Waals surface area contributed by atoms with Gasteiger partial charge in [0.2, 0.25) is 21.7 Å². The first-order chi connectivity index (χ1) is 9.63. The number of carbonyl (C=O) groups is 3. The van der Waals surface area contributed by atoms with Gasteiger partial charge in [0.05, 0.1) is 11.8 Å². The van der Waals surface area contributed by atoms with Crippen LogP contribution < -0.4 is 10.7 Å². The molecule has 0 spiro atoms. The first-order valence-electron chi connectivity index (χ1n) is 6.76. The van der Waals surface area contributed by atoms with Gasteiger partial charge in [0.1, 0.15) is 0 Å². The molecule has 0 aromatic rings. The first kappa shape index (κ1) is 17.6. The molecule has 120 valence electrons. The molecule has 1 atom stereocenters. The van der Waals surface area contributed by atoms with Crippen LogP contribution in [0.4, 0.5) is 0 Å². The summed E-state index contributed by atoms with van der Waals surface area (Å²) in [5.74, 6) is -2.26. The zero-order chi connectivity index (χ0) is 16.2. The third-order valence-corrected chi connectivity index (χ3v) is 4.70. The molecule has 1 heterocycles. The number of sulfonamides is 1. The zero-order valence-corrected chi connectivity index (χ0v) is 13.2. The van der Waals surface area contributed by atoms with E-state index in [-0.39, 0.29) is 18.2 Å². The quantitative estimate of drug-likeness (QED) is 0.621. The van der Waals surface area contributed by atoms with Crippen molar-refractivity contribution in [1.29, 1.82) is 0 Å². The monoisotopic (exact) mass is 319 g/mol. The van der Waals surface area contributed by atoms with Crippen molar-refractivity contribution in [3.05, 3.63) is 0 Å². The lowest BCUT2D eigenvalue weighted by molar-refractivity contribution is -0.141. The molecule has 2 N–H and O–H groups in total. The molecule has 0 aliphatic carbocycles. The van der Waals surface area contributed by atoms with Crippen LogP contribution in [-0.2, 0) is 24.4 Å². The van der Waals surface area contributed by atoms with Gasteiger partial charge in [-0.1, -0.05) is 13.8 Å². The number of hydrogen-bond acceptors (Lipinski definition) is 5. The Labute approximate surface area is 124 Å². The van der Waals surface area contributed by atoms with Gasteiger partial charge in [0.15, 0.2) is 0 Å². The number of Topliss-reactive ketones (excluding diaryl/α,β-unsaturated/α-hetero) is 1. The van der Waals surface area contributed by atoms with Gasteiger partial charge in [0.25, 0.3) is 0 Å². The minimum Gasteiger partial charge on any atom is -0.346 e. The summed E-state index contributed by atoms with van der Waals surface area (Å²) >= 11 is 0. The molecule has 1 saturated heterocycles. The molecule has 1 fully saturated rings. The van der Waals surface area contributed by atoms with Crippen molar-refractivity contribution in [2.75, 3.05) is 12.3 Å². The van der Waals surface area contributed by atoms with Crippen LogP contribution in [0.25, 0.3) is 0 Å². The molecule has 1 aliphatic rings. The van der Waals surface area contributed by atoms with Crippen LogP contribution >= 0.6 is 0 Å². The highest BCUT2D eigenvalue weighted by Gasteiger charge is 2.33. The molecule has 0 aromatic carbocycles. The van der Waals surface area contributed by atoms with Gasteiger partial charge in [-0.15, -0.1) is 4.41 Å². The van der Waals surface area contributed by atoms with Crippen molar-refractivity contribution in [3.63, 3.8) is 0 Å². The molecule has 21 heavy (non-hydrogen) atoms. The molecule has 1 unspecified atom stereocenters. The summed E-state index contributed by atoms with van der Waals surface area (Å²) < 4.78 is 23.9. The Kier molecular flexibility index (Phi) is 5.85. The van der Waals surface area contributed by atoms with E-state index in [2.05, 4.69) is 10.7 Å². The van der Waals surface area contributed by atoms with Crippen LogP contribution in [0.3, 0.4) is 0 Å². The molecule has 1 aliphatic heterocycles. The molecular formula is C12H21N3O5S. The van der Waals surface area contributed by atoms with E-state index in [4.69, 9.17) is 0 Å². The molecule has 0 aromatic heterocycles. The molecule has 1 rings (SSSR count). The van der Waals surface area contributed by atoms with Gasteiger partial charge in [-0.2, -0.15) is 0 Å². The van der Waals surface area contributed by atoms with Crippen LogP contribution in [0, 0.1) is 5.92 Å². The lowest BCUT2D eigenvalue weighted by atomic mass is 10.00. The second-order valence-corrected chi connectivity index (χ2v) is 7.44. The third kappa shape index (κ3) is 5.09. The highest BCUT2D eigenvalue weighted by molar-refractivity contribution is 7.89. The largest absolute Gasteiger partial charge is 0.346 e. The maximum atomic E-state index is 12.1. The van der Waals surface area contributed by atoms with Crippen LogP contribution in [0.15, 0.2) is 0 Å². The van der Waals surface area contributed by atoms with E-state index in [0.717, 1.165) is 4.41 Å². The van der Waals surface area contributed by atoms with Crippen LogP contribution in [-0.4, -0.2) is 48.8 Å². The molecule has 0 saturated carbocycles. The van der Waals surface area contributed by atoms with E-state index < -0.39 is 33.7 Å². The van der Waals surface area contributed by atoms with Gasteiger partial charge in [-0.3, -0.25) is 19.8 Å². The Morgan fingerprint density at radius 3 is 2.29 bits per heavy atom. The number of nitrogens with zero attached hydrogens (tertiary/aromatic N) is 1. The van der Waals surface area contributed by atoms with E-state index in [1.165, 1.54) is 6.92 Å². The predicted octanol–water partition coefficient (Wildman–Crippen LogP) is -0.827. The summed E-state index contributed by atoms with van der Waals surface area (Å²) in [7, 11) is -3.53. The fraction of sp³-hybridized carbons (Fsp3) is 0.750. The van der Waals surface area contributed by atoms with Crippen LogP contribution in [0.5, 0.6) is 0 Å². The summed E-state index contributed by atoms with van der Waals surface area (Å²) in [4.78, 5) is 35.0. The van der Waals surface area contributed by atoms with Crippen molar-refractivity contribution >= 4 is 27.6 Å². The van der Waals surface area contributed by atoms with Crippen molar-refractivity contribution in [2.45, 2.75) is 39.7 Å². The second-order valence-electron chi connectivity index (χ2n) is 5.43. The fourth-order valence-electron chi connectivity index (χ4n) is 2.04. The number of ketones is 1. The minimum atomic E-state index is -3.53. The number of hydrazine groups is 1. The van der Waals surface area contributed by atoms with Crippen molar-refractivity contribution < 1.29 is 22.8 Å². The predicted molar refractivity (Wildman–Crippen MR) is 75.3 cm³/mol. The fourth-order valence-corrected chi connectivity index (χ4v) is 3.38. The third-order valence-electron chi connectivity index (χ3n) is 2.95. The van der Waals surface area contributed by atoms with Gasteiger partial charge in [0, 0.05) is 13.5 Å². The molecule has 0 bridgehead atoms. The molecule has 9 heteroatoms. The Bertz CT molecular complexity index is 529. The standard InChI is InChI=1S/C12H21N3O5S/c1-8(2)7-10(13-9(3)16)11(17)12(18)14-15-5-4-6-21(15,19)20/h8,10H,4-7H2,1-3H3,(H,13,16)(H,14,18). The molecule has 2 amide bonds. The summed E-state index contributed by atoms with van der Waals surface area (Å²) in [6, 6.07) is -0.951. The molecule has 0 radical (unpaired) electrons. The van der Waals surface area contributed by atoms with Gasteiger partial charge < -0.3 is 5.32 Å².